The van der Waals surface area contributed by atoms with E-state index in [1.54, 1.807) is 30.4 Å². The van der Waals surface area contributed by atoms with Crippen molar-refractivity contribution in [1.29, 1.82) is 0 Å². The SMILES string of the molecule is CC(=O)c1ccc(Oc2ncnc3ccsc23)c(C)c1. The molecule has 0 bridgehead atoms. The molecule has 100 valence electrons. The first kappa shape index (κ1) is 12.7. The number of fused-ring (bicyclic) bond motifs is 1. The zero-order valence-corrected chi connectivity index (χ0v) is 11.9. The van der Waals surface area contributed by atoms with Crippen molar-refractivity contribution in [2.24, 2.45) is 0 Å². The van der Waals surface area contributed by atoms with Crippen molar-refractivity contribution in [3.8, 4) is 11.6 Å². The minimum absolute atomic E-state index is 0.0438. The van der Waals surface area contributed by atoms with Crippen LogP contribution in [-0.2, 0) is 0 Å². The normalized spacial score (nSPS) is 10.7. The van der Waals surface area contributed by atoms with Gasteiger partial charge in [0.15, 0.2) is 5.78 Å². The van der Waals surface area contributed by atoms with E-state index in [4.69, 9.17) is 4.74 Å². The number of hydrogen-bond acceptors (Lipinski definition) is 5. The average molecular weight is 284 g/mol. The molecule has 4 nitrogen and oxygen atoms in total. The Balaban J connectivity index is 1.99. The zero-order valence-electron chi connectivity index (χ0n) is 11.1. The maximum Gasteiger partial charge on any atom is 0.240 e. The second-order valence-corrected chi connectivity index (χ2v) is 5.37. The van der Waals surface area contributed by atoms with Crippen molar-refractivity contribution in [2.45, 2.75) is 13.8 Å². The second-order valence-electron chi connectivity index (χ2n) is 4.45. The Hall–Kier alpha value is -2.27. The number of ether oxygens (including phenoxy) is 1. The molecule has 0 saturated carbocycles. The fourth-order valence-corrected chi connectivity index (χ4v) is 2.70. The summed E-state index contributed by atoms with van der Waals surface area (Å²) in [5.74, 6) is 1.29. The molecular weight excluding hydrogens is 272 g/mol. The lowest BCUT2D eigenvalue weighted by Crippen LogP contribution is -1.95. The van der Waals surface area contributed by atoms with Gasteiger partial charge in [0, 0.05) is 5.56 Å². The first-order valence-corrected chi connectivity index (χ1v) is 7.01. The maximum atomic E-state index is 11.3. The molecule has 0 unspecified atom stereocenters. The Labute approximate surface area is 120 Å². The van der Waals surface area contributed by atoms with Crippen molar-refractivity contribution in [3.63, 3.8) is 0 Å². The summed E-state index contributed by atoms with van der Waals surface area (Å²) in [6.45, 7) is 3.46. The number of thiophene rings is 1. The van der Waals surface area contributed by atoms with Gasteiger partial charge in [-0.2, -0.15) is 0 Å². The minimum atomic E-state index is 0.0438. The summed E-state index contributed by atoms with van der Waals surface area (Å²) < 4.78 is 6.78. The number of hydrogen-bond donors (Lipinski definition) is 0. The molecule has 2 heterocycles. The quantitative estimate of drug-likeness (QED) is 0.682. The topological polar surface area (TPSA) is 52.1 Å². The van der Waals surface area contributed by atoms with Crippen LogP contribution < -0.4 is 4.74 Å². The van der Waals surface area contributed by atoms with Gasteiger partial charge in [0.1, 0.15) is 16.8 Å². The lowest BCUT2D eigenvalue weighted by molar-refractivity contribution is 0.101. The number of aromatic nitrogens is 2. The van der Waals surface area contributed by atoms with Gasteiger partial charge in [-0.1, -0.05) is 0 Å². The molecule has 0 amide bonds. The van der Waals surface area contributed by atoms with Gasteiger partial charge in [-0.05, 0) is 49.1 Å². The molecule has 0 atom stereocenters. The number of aryl methyl sites for hydroxylation is 1. The minimum Gasteiger partial charge on any atom is -0.437 e. The number of Topliss-reactive ketones (excluding diaryl/α,β-unsaturated/α-hetero) is 1. The molecule has 3 rings (SSSR count). The third-order valence-corrected chi connectivity index (χ3v) is 3.89. The summed E-state index contributed by atoms with van der Waals surface area (Å²) in [5, 5.41) is 1.96. The molecule has 2 aromatic heterocycles. The Kier molecular flexibility index (Phi) is 3.20. The third-order valence-electron chi connectivity index (χ3n) is 3.00. The first-order valence-electron chi connectivity index (χ1n) is 6.13. The van der Waals surface area contributed by atoms with Gasteiger partial charge < -0.3 is 4.74 Å². The molecule has 0 saturated heterocycles. The number of carbonyl (C=O) groups excluding carboxylic acids is 1. The zero-order chi connectivity index (χ0) is 14.1. The number of nitrogens with zero attached hydrogens (tertiary/aromatic N) is 2. The monoisotopic (exact) mass is 284 g/mol. The molecule has 0 N–H and O–H groups in total. The molecule has 0 radical (unpaired) electrons. The summed E-state index contributed by atoms with van der Waals surface area (Å²) in [6.07, 6.45) is 1.49. The number of ketones is 1. The van der Waals surface area contributed by atoms with Crippen molar-refractivity contribution < 1.29 is 9.53 Å². The van der Waals surface area contributed by atoms with Crippen LogP contribution in [0, 0.1) is 6.92 Å². The lowest BCUT2D eigenvalue weighted by Gasteiger charge is -2.09. The van der Waals surface area contributed by atoms with Gasteiger partial charge in [-0.25, -0.2) is 9.97 Å². The molecule has 3 aromatic rings. The van der Waals surface area contributed by atoms with Crippen LogP contribution in [-0.4, -0.2) is 15.8 Å². The Morgan fingerprint density at radius 1 is 1.25 bits per heavy atom. The fraction of sp³-hybridized carbons (Fsp3) is 0.133. The van der Waals surface area contributed by atoms with Gasteiger partial charge in [0.2, 0.25) is 5.88 Å². The highest BCUT2D eigenvalue weighted by Crippen LogP contribution is 2.32. The van der Waals surface area contributed by atoms with E-state index in [1.807, 2.05) is 24.4 Å². The van der Waals surface area contributed by atoms with Gasteiger partial charge in [0.05, 0.1) is 5.52 Å². The number of carbonyl (C=O) groups is 1. The van der Waals surface area contributed by atoms with Gasteiger partial charge in [-0.15, -0.1) is 11.3 Å². The van der Waals surface area contributed by atoms with E-state index in [-0.39, 0.29) is 5.78 Å². The van der Waals surface area contributed by atoms with Gasteiger partial charge >= 0.3 is 0 Å². The highest BCUT2D eigenvalue weighted by atomic mass is 32.1. The summed E-state index contributed by atoms with van der Waals surface area (Å²) in [7, 11) is 0. The second kappa shape index (κ2) is 5.02. The van der Waals surface area contributed by atoms with Crippen LogP contribution in [0.3, 0.4) is 0 Å². The van der Waals surface area contributed by atoms with Crippen LogP contribution in [0.1, 0.15) is 22.8 Å². The summed E-state index contributed by atoms with van der Waals surface area (Å²) in [5.41, 5.74) is 2.46. The van der Waals surface area contributed by atoms with Crippen LogP contribution in [0.5, 0.6) is 11.6 Å². The molecule has 0 aliphatic carbocycles. The Bertz CT molecular complexity index is 795. The molecule has 0 aliphatic rings. The molecule has 5 heteroatoms. The van der Waals surface area contributed by atoms with Crippen molar-refractivity contribution in [2.75, 3.05) is 0 Å². The van der Waals surface area contributed by atoms with E-state index < -0.39 is 0 Å². The van der Waals surface area contributed by atoms with E-state index in [2.05, 4.69) is 9.97 Å². The van der Waals surface area contributed by atoms with Crippen LogP contribution in [0.25, 0.3) is 10.2 Å². The Morgan fingerprint density at radius 3 is 2.85 bits per heavy atom. The maximum absolute atomic E-state index is 11.3. The lowest BCUT2D eigenvalue weighted by atomic mass is 10.1. The molecule has 1 aromatic carbocycles. The Morgan fingerprint density at radius 2 is 2.10 bits per heavy atom. The smallest absolute Gasteiger partial charge is 0.240 e. The van der Waals surface area contributed by atoms with Crippen LogP contribution >= 0.6 is 11.3 Å². The molecular formula is C15H12N2O2S. The van der Waals surface area contributed by atoms with Crippen molar-refractivity contribution in [1.82, 2.24) is 9.97 Å². The predicted octanol–water partition coefficient (Wildman–Crippen LogP) is 3.99. The van der Waals surface area contributed by atoms with Crippen LogP contribution in [0.2, 0.25) is 0 Å². The summed E-state index contributed by atoms with van der Waals surface area (Å²) >= 11 is 1.54. The predicted molar refractivity (Wildman–Crippen MR) is 78.7 cm³/mol. The van der Waals surface area contributed by atoms with E-state index in [9.17, 15) is 4.79 Å². The largest absolute Gasteiger partial charge is 0.437 e. The van der Waals surface area contributed by atoms with Crippen LogP contribution in [0.4, 0.5) is 0 Å². The van der Waals surface area contributed by atoms with Crippen molar-refractivity contribution in [3.05, 3.63) is 47.1 Å². The average Bonchev–Trinajstić information content (AvgIpc) is 2.90. The van der Waals surface area contributed by atoms with Crippen molar-refractivity contribution >= 4 is 27.3 Å². The van der Waals surface area contributed by atoms with E-state index >= 15 is 0 Å². The molecule has 0 aliphatic heterocycles. The number of benzene rings is 1. The highest BCUT2D eigenvalue weighted by molar-refractivity contribution is 7.17. The van der Waals surface area contributed by atoms with Gasteiger partial charge in [0.25, 0.3) is 0 Å². The highest BCUT2D eigenvalue weighted by Gasteiger charge is 2.10. The summed E-state index contributed by atoms with van der Waals surface area (Å²) in [4.78, 5) is 19.7. The standard InChI is InChI=1S/C15H12N2O2S/c1-9-7-11(10(2)18)3-4-13(9)19-15-14-12(5-6-20-14)16-8-17-15/h3-8H,1-2H3. The third kappa shape index (κ3) is 2.28. The van der Waals surface area contributed by atoms with Gasteiger partial charge in [-0.3, -0.25) is 4.79 Å². The number of rotatable bonds is 3. The molecule has 20 heavy (non-hydrogen) atoms. The molecule has 0 spiro atoms. The van der Waals surface area contributed by atoms with Crippen LogP contribution in [0.15, 0.2) is 36.0 Å². The van der Waals surface area contributed by atoms with E-state index in [0.717, 1.165) is 15.8 Å². The molecule has 0 fully saturated rings. The van der Waals surface area contributed by atoms with E-state index in [0.29, 0.717) is 17.2 Å². The van der Waals surface area contributed by atoms with E-state index in [1.165, 1.54) is 6.33 Å². The fourth-order valence-electron chi connectivity index (χ4n) is 1.93. The summed E-state index contributed by atoms with van der Waals surface area (Å²) in [6, 6.07) is 7.32. The first-order chi connectivity index (χ1) is 9.65.